The minimum Gasteiger partial charge on any atom is -0.459 e. The summed E-state index contributed by atoms with van der Waals surface area (Å²) in [7, 11) is 0. The molecule has 0 aliphatic carbocycles. The standard InChI is InChI=1S/C10H16O3/c1-2-3-4-7-5-8-9(12-7)6-10(11)13-8/h7-9H,2-6H2,1H3. The van der Waals surface area contributed by atoms with Gasteiger partial charge >= 0.3 is 5.97 Å². The molecule has 2 fully saturated rings. The first-order valence-corrected chi connectivity index (χ1v) is 5.14. The summed E-state index contributed by atoms with van der Waals surface area (Å²) in [6.45, 7) is 2.18. The Morgan fingerprint density at radius 2 is 2.31 bits per heavy atom. The lowest BCUT2D eigenvalue weighted by Crippen LogP contribution is -2.13. The van der Waals surface area contributed by atoms with Crippen LogP contribution in [0.3, 0.4) is 0 Å². The largest absolute Gasteiger partial charge is 0.459 e. The maximum absolute atomic E-state index is 10.9. The Morgan fingerprint density at radius 3 is 3.00 bits per heavy atom. The van der Waals surface area contributed by atoms with Crippen molar-refractivity contribution in [3.05, 3.63) is 0 Å². The lowest BCUT2D eigenvalue weighted by molar-refractivity contribution is -0.141. The highest BCUT2D eigenvalue weighted by molar-refractivity contribution is 5.72. The molecule has 13 heavy (non-hydrogen) atoms. The van der Waals surface area contributed by atoms with Gasteiger partial charge in [0.25, 0.3) is 0 Å². The van der Waals surface area contributed by atoms with Gasteiger partial charge in [-0.3, -0.25) is 4.79 Å². The summed E-state index contributed by atoms with van der Waals surface area (Å²) in [5.74, 6) is -0.0936. The fourth-order valence-electron chi connectivity index (χ4n) is 2.10. The minimum atomic E-state index is -0.0936. The maximum Gasteiger partial charge on any atom is 0.308 e. The van der Waals surface area contributed by atoms with E-state index < -0.39 is 0 Å². The molecule has 3 nitrogen and oxygen atoms in total. The summed E-state index contributed by atoms with van der Waals surface area (Å²) >= 11 is 0. The number of unbranched alkanes of at least 4 members (excludes halogenated alkanes) is 1. The molecule has 0 saturated carbocycles. The number of esters is 1. The summed E-state index contributed by atoms with van der Waals surface area (Å²) in [6.07, 6.45) is 5.37. The van der Waals surface area contributed by atoms with E-state index in [1.54, 1.807) is 0 Å². The first-order chi connectivity index (χ1) is 6.29. The lowest BCUT2D eigenvalue weighted by atomic mass is 10.1. The molecule has 0 N–H and O–H groups in total. The third kappa shape index (κ3) is 1.85. The molecule has 0 radical (unpaired) electrons. The predicted octanol–water partition coefficient (Wildman–Crippen LogP) is 1.65. The fraction of sp³-hybridized carbons (Fsp3) is 0.900. The van der Waals surface area contributed by atoms with Crippen LogP contribution in [0, 0.1) is 0 Å². The van der Waals surface area contributed by atoms with Gasteiger partial charge in [0.05, 0.1) is 12.5 Å². The van der Waals surface area contributed by atoms with Crippen LogP contribution in [0.4, 0.5) is 0 Å². The Kier molecular flexibility index (Phi) is 2.54. The Balaban J connectivity index is 1.80. The van der Waals surface area contributed by atoms with Crippen molar-refractivity contribution in [2.75, 3.05) is 0 Å². The molecule has 2 aliphatic heterocycles. The smallest absolute Gasteiger partial charge is 0.308 e. The first-order valence-electron chi connectivity index (χ1n) is 5.14. The molecule has 0 bridgehead atoms. The third-order valence-corrected chi connectivity index (χ3v) is 2.81. The van der Waals surface area contributed by atoms with Crippen LogP contribution in [0.5, 0.6) is 0 Å². The monoisotopic (exact) mass is 184 g/mol. The summed E-state index contributed by atoms with van der Waals surface area (Å²) in [6, 6.07) is 0. The highest BCUT2D eigenvalue weighted by Gasteiger charge is 2.43. The summed E-state index contributed by atoms with van der Waals surface area (Å²) in [4.78, 5) is 10.9. The summed E-state index contributed by atoms with van der Waals surface area (Å²) < 4.78 is 10.8. The van der Waals surface area contributed by atoms with Gasteiger partial charge in [-0.2, -0.15) is 0 Å². The van der Waals surface area contributed by atoms with Crippen molar-refractivity contribution in [3.8, 4) is 0 Å². The Labute approximate surface area is 78.4 Å². The molecule has 2 heterocycles. The van der Waals surface area contributed by atoms with Gasteiger partial charge in [-0.25, -0.2) is 0 Å². The molecule has 0 amide bonds. The van der Waals surface area contributed by atoms with E-state index in [2.05, 4.69) is 6.92 Å². The normalized spacial score (nSPS) is 37.6. The van der Waals surface area contributed by atoms with Crippen LogP contribution >= 0.6 is 0 Å². The maximum atomic E-state index is 10.9. The molecule has 2 rings (SSSR count). The van der Waals surface area contributed by atoms with Gasteiger partial charge in [-0.05, 0) is 6.42 Å². The number of hydrogen-bond donors (Lipinski definition) is 0. The lowest BCUT2D eigenvalue weighted by Gasteiger charge is -2.09. The number of hydrogen-bond acceptors (Lipinski definition) is 3. The number of rotatable bonds is 3. The number of fused-ring (bicyclic) bond motifs is 1. The second-order valence-electron chi connectivity index (χ2n) is 3.91. The van der Waals surface area contributed by atoms with Gasteiger partial charge in [-0.15, -0.1) is 0 Å². The Morgan fingerprint density at radius 1 is 1.46 bits per heavy atom. The van der Waals surface area contributed by atoms with Crippen LogP contribution < -0.4 is 0 Å². The van der Waals surface area contributed by atoms with E-state index in [9.17, 15) is 4.79 Å². The number of carbonyl (C=O) groups excluding carboxylic acids is 1. The highest BCUT2D eigenvalue weighted by Crippen LogP contribution is 2.32. The molecule has 3 atom stereocenters. The van der Waals surface area contributed by atoms with Crippen molar-refractivity contribution in [1.82, 2.24) is 0 Å². The van der Waals surface area contributed by atoms with Crippen LogP contribution in [0.25, 0.3) is 0 Å². The summed E-state index contributed by atoms with van der Waals surface area (Å²) in [5.41, 5.74) is 0. The van der Waals surface area contributed by atoms with Gasteiger partial charge in [-0.1, -0.05) is 19.8 Å². The van der Waals surface area contributed by atoms with E-state index in [4.69, 9.17) is 9.47 Å². The van der Waals surface area contributed by atoms with Crippen LogP contribution in [-0.4, -0.2) is 24.3 Å². The average Bonchev–Trinajstić information content (AvgIpc) is 2.57. The van der Waals surface area contributed by atoms with E-state index in [1.165, 1.54) is 12.8 Å². The van der Waals surface area contributed by atoms with Crippen molar-refractivity contribution in [1.29, 1.82) is 0 Å². The van der Waals surface area contributed by atoms with Crippen molar-refractivity contribution in [3.63, 3.8) is 0 Å². The molecule has 0 spiro atoms. The second-order valence-corrected chi connectivity index (χ2v) is 3.91. The molecule has 0 aromatic heterocycles. The molecular weight excluding hydrogens is 168 g/mol. The van der Waals surface area contributed by atoms with E-state index >= 15 is 0 Å². The molecule has 2 saturated heterocycles. The SMILES string of the molecule is CCCCC1CC2OC(=O)CC2O1. The molecular formula is C10H16O3. The van der Waals surface area contributed by atoms with Crippen LogP contribution in [0.15, 0.2) is 0 Å². The van der Waals surface area contributed by atoms with Crippen LogP contribution in [-0.2, 0) is 14.3 Å². The quantitative estimate of drug-likeness (QED) is 0.626. The van der Waals surface area contributed by atoms with Crippen LogP contribution in [0.1, 0.15) is 39.0 Å². The average molecular weight is 184 g/mol. The minimum absolute atomic E-state index is 0.0642. The van der Waals surface area contributed by atoms with E-state index in [0.717, 1.165) is 12.8 Å². The molecule has 3 unspecified atom stereocenters. The third-order valence-electron chi connectivity index (χ3n) is 2.81. The Bertz CT molecular complexity index is 186. The fourth-order valence-corrected chi connectivity index (χ4v) is 2.10. The topological polar surface area (TPSA) is 35.5 Å². The first kappa shape index (κ1) is 9.00. The van der Waals surface area contributed by atoms with Gasteiger partial charge in [0, 0.05) is 6.42 Å². The van der Waals surface area contributed by atoms with E-state index in [0.29, 0.717) is 12.5 Å². The second kappa shape index (κ2) is 3.66. The van der Waals surface area contributed by atoms with Crippen molar-refractivity contribution >= 4 is 5.97 Å². The van der Waals surface area contributed by atoms with Crippen molar-refractivity contribution in [2.45, 2.75) is 57.3 Å². The Hall–Kier alpha value is -0.570. The van der Waals surface area contributed by atoms with Crippen molar-refractivity contribution in [2.24, 2.45) is 0 Å². The van der Waals surface area contributed by atoms with Gasteiger partial charge in [0.2, 0.25) is 0 Å². The highest BCUT2D eigenvalue weighted by atomic mass is 16.6. The zero-order valence-electron chi connectivity index (χ0n) is 7.99. The van der Waals surface area contributed by atoms with E-state index in [1.807, 2.05) is 0 Å². The van der Waals surface area contributed by atoms with Crippen molar-refractivity contribution < 1.29 is 14.3 Å². The summed E-state index contributed by atoms with van der Waals surface area (Å²) in [5, 5.41) is 0. The molecule has 74 valence electrons. The van der Waals surface area contributed by atoms with Gasteiger partial charge < -0.3 is 9.47 Å². The molecule has 2 aliphatic rings. The number of ether oxygens (including phenoxy) is 2. The molecule has 0 aromatic carbocycles. The molecule has 0 aromatic rings. The zero-order chi connectivity index (χ0) is 9.26. The van der Waals surface area contributed by atoms with Crippen LogP contribution in [0.2, 0.25) is 0 Å². The van der Waals surface area contributed by atoms with Gasteiger partial charge in [0.15, 0.2) is 0 Å². The number of carbonyl (C=O) groups is 1. The van der Waals surface area contributed by atoms with Gasteiger partial charge in [0.1, 0.15) is 12.2 Å². The zero-order valence-corrected chi connectivity index (χ0v) is 7.99. The molecule has 3 heteroatoms. The predicted molar refractivity (Wildman–Crippen MR) is 47.3 cm³/mol. The van der Waals surface area contributed by atoms with E-state index in [-0.39, 0.29) is 18.2 Å².